The average Bonchev–Trinajstić information content (AvgIpc) is 2.15. The predicted octanol–water partition coefficient (Wildman–Crippen LogP) is 3.29. The number of alkyl halides is 3. The molecule has 1 nitrogen and oxygen atoms in total. The molecule has 0 amide bonds. The summed E-state index contributed by atoms with van der Waals surface area (Å²) in [5, 5.41) is 9.34. The second-order valence-electron chi connectivity index (χ2n) is 3.15. The maximum absolute atomic E-state index is 12.7. The normalized spacial score (nSPS) is 14.0. The van der Waals surface area contributed by atoms with Crippen molar-refractivity contribution in [1.29, 1.82) is 0 Å². The largest absolute Gasteiger partial charge is 0.416 e. The third-order valence-corrected chi connectivity index (χ3v) is 2.07. The minimum absolute atomic E-state index is 0.148. The third-order valence-electron chi connectivity index (χ3n) is 2.07. The van der Waals surface area contributed by atoms with Crippen LogP contribution in [-0.2, 0) is 6.18 Å². The van der Waals surface area contributed by atoms with Crippen LogP contribution in [0.4, 0.5) is 17.6 Å². The van der Waals surface area contributed by atoms with E-state index in [0.717, 1.165) is 12.1 Å². The van der Waals surface area contributed by atoms with Gasteiger partial charge in [0.2, 0.25) is 0 Å². The van der Waals surface area contributed by atoms with Crippen molar-refractivity contribution in [2.45, 2.75) is 25.6 Å². The smallest absolute Gasteiger partial charge is 0.388 e. The lowest BCUT2D eigenvalue weighted by atomic mass is 10.0. The van der Waals surface area contributed by atoms with Crippen LogP contribution in [0.2, 0.25) is 0 Å². The topological polar surface area (TPSA) is 20.2 Å². The molecule has 84 valence electrons. The lowest BCUT2D eigenvalue weighted by molar-refractivity contribution is -0.139. The summed E-state index contributed by atoms with van der Waals surface area (Å²) in [6, 6.07) is 2.27. The number of aliphatic hydroxyl groups is 1. The van der Waals surface area contributed by atoms with Crippen molar-refractivity contribution in [2.24, 2.45) is 0 Å². The van der Waals surface area contributed by atoms with E-state index in [1.165, 1.54) is 0 Å². The highest BCUT2D eigenvalue weighted by atomic mass is 19.4. The molecule has 0 aromatic heterocycles. The van der Waals surface area contributed by atoms with Crippen molar-refractivity contribution in [3.8, 4) is 0 Å². The molecule has 5 heteroatoms. The van der Waals surface area contributed by atoms with Crippen molar-refractivity contribution in [3.63, 3.8) is 0 Å². The number of aliphatic hydroxyl groups excluding tert-OH is 1. The van der Waals surface area contributed by atoms with E-state index in [4.69, 9.17) is 0 Å². The Morgan fingerprint density at radius 2 is 1.93 bits per heavy atom. The van der Waals surface area contributed by atoms with Crippen molar-refractivity contribution >= 4 is 0 Å². The van der Waals surface area contributed by atoms with E-state index in [-0.39, 0.29) is 12.0 Å². The minimum atomic E-state index is -4.65. The van der Waals surface area contributed by atoms with E-state index < -0.39 is 23.7 Å². The quantitative estimate of drug-likeness (QED) is 0.761. The SMILES string of the molecule is CC[C@@H](O)c1ccc(F)cc1C(F)(F)F. The lowest BCUT2D eigenvalue weighted by Crippen LogP contribution is -2.12. The zero-order valence-corrected chi connectivity index (χ0v) is 7.98. The maximum Gasteiger partial charge on any atom is 0.416 e. The van der Waals surface area contributed by atoms with Gasteiger partial charge in [-0.2, -0.15) is 13.2 Å². The first-order valence-electron chi connectivity index (χ1n) is 4.41. The molecule has 0 spiro atoms. The Labute approximate surface area is 84.3 Å². The van der Waals surface area contributed by atoms with Gasteiger partial charge < -0.3 is 5.11 Å². The van der Waals surface area contributed by atoms with Gasteiger partial charge in [-0.05, 0) is 24.1 Å². The standard InChI is InChI=1S/C10H10F4O/c1-2-9(15)7-4-3-6(11)5-8(7)10(12,13)14/h3-5,9,15H,2H2,1H3/t9-/m1/s1. The molecule has 0 unspecified atom stereocenters. The maximum atomic E-state index is 12.7. The molecule has 0 saturated carbocycles. The van der Waals surface area contributed by atoms with Gasteiger partial charge in [-0.1, -0.05) is 13.0 Å². The highest BCUT2D eigenvalue weighted by Gasteiger charge is 2.35. The van der Waals surface area contributed by atoms with E-state index in [9.17, 15) is 22.7 Å². The molecular weight excluding hydrogens is 212 g/mol. The van der Waals surface area contributed by atoms with Gasteiger partial charge in [-0.25, -0.2) is 4.39 Å². The number of hydrogen-bond donors (Lipinski definition) is 1. The Hall–Kier alpha value is -1.10. The van der Waals surface area contributed by atoms with Crippen molar-refractivity contribution in [1.82, 2.24) is 0 Å². The highest BCUT2D eigenvalue weighted by Crippen LogP contribution is 2.35. The number of rotatable bonds is 2. The third kappa shape index (κ3) is 2.68. The molecule has 1 N–H and O–H groups in total. The Kier molecular flexibility index (Phi) is 3.34. The van der Waals surface area contributed by atoms with Crippen LogP contribution in [0.3, 0.4) is 0 Å². The fourth-order valence-corrected chi connectivity index (χ4v) is 1.28. The van der Waals surface area contributed by atoms with Crippen LogP contribution in [0.5, 0.6) is 0 Å². The zero-order valence-electron chi connectivity index (χ0n) is 7.98. The highest BCUT2D eigenvalue weighted by molar-refractivity contribution is 5.32. The molecule has 0 heterocycles. The second kappa shape index (κ2) is 4.18. The van der Waals surface area contributed by atoms with Crippen LogP contribution in [0.25, 0.3) is 0 Å². The van der Waals surface area contributed by atoms with Gasteiger partial charge in [0, 0.05) is 0 Å². The van der Waals surface area contributed by atoms with Gasteiger partial charge in [0.05, 0.1) is 11.7 Å². The Balaban J connectivity index is 3.27. The molecule has 1 aromatic rings. The molecule has 0 fully saturated rings. The van der Waals surface area contributed by atoms with E-state index >= 15 is 0 Å². The summed E-state index contributed by atoms with van der Waals surface area (Å²) >= 11 is 0. The summed E-state index contributed by atoms with van der Waals surface area (Å²) < 4.78 is 50.0. The fourth-order valence-electron chi connectivity index (χ4n) is 1.28. The molecule has 0 radical (unpaired) electrons. The first kappa shape index (κ1) is 12.0. The summed E-state index contributed by atoms with van der Waals surface area (Å²) in [5.41, 5.74) is -1.40. The van der Waals surface area contributed by atoms with E-state index in [0.29, 0.717) is 6.07 Å². The molecule has 0 aliphatic carbocycles. The second-order valence-corrected chi connectivity index (χ2v) is 3.15. The molecule has 1 atom stereocenters. The lowest BCUT2D eigenvalue weighted by Gasteiger charge is -2.16. The predicted molar refractivity (Wildman–Crippen MR) is 46.7 cm³/mol. The molecule has 0 aliphatic rings. The minimum Gasteiger partial charge on any atom is -0.388 e. The monoisotopic (exact) mass is 222 g/mol. The van der Waals surface area contributed by atoms with Gasteiger partial charge in [0.25, 0.3) is 0 Å². The summed E-state index contributed by atoms with van der Waals surface area (Å²) in [6.45, 7) is 1.55. The summed E-state index contributed by atoms with van der Waals surface area (Å²) in [4.78, 5) is 0. The summed E-state index contributed by atoms with van der Waals surface area (Å²) in [7, 11) is 0. The molecule has 0 aliphatic heterocycles. The van der Waals surface area contributed by atoms with Crippen LogP contribution in [0, 0.1) is 5.82 Å². The Bertz CT molecular complexity index is 346. The average molecular weight is 222 g/mol. The Morgan fingerprint density at radius 3 is 2.40 bits per heavy atom. The number of halogens is 4. The van der Waals surface area contributed by atoms with E-state index in [1.807, 2.05) is 0 Å². The number of benzene rings is 1. The van der Waals surface area contributed by atoms with Crippen LogP contribution >= 0.6 is 0 Å². The molecule has 0 bridgehead atoms. The summed E-state index contributed by atoms with van der Waals surface area (Å²) in [5.74, 6) is -0.964. The van der Waals surface area contributed by atoms with Crippen LogP contribution in [0.1, 0.15) is 30.6 Å². The van der Waals surface area contributed by atoms with Crippen molar-refractivity contribution in [3.05, 3.63) is 35.1 Å². The van der Waals surface area contributed by atoms with Gasteiger partial charge >= 0.3 is 6.18 Å². The van der Waals surface area contributed by atoms with E-state index in [1.54, 1.807) is 6.92 Å². The molecule has 1 rings (SSSR count). The van der Waals surface area contributed by atoms with Crippen LogP contribution in [0.15, 0.2) is 18.2 Å². The molecular formula is C10H10F4O. The van der Waals surface area contributed by atoms with Crippen molar-refractivity contribution < 1.29 is 22.7 Å². The molecule has 15 heavy (non-hydrogen) atoms. The Morgan fingerprint density at radius 1 is 1.33 bits per heavy atom. The first-order chi connectivity index (χ1) is 6.86. The zero-order chi connectivity index (χ0) is 11.6. The molecule has 1 aromatic carbocycles. The number of hydrogen-bond acceptors (Lipinski definition) is 1. The fraction of sp³-hybridized carbons (Fsp3) is 0.400. The van der Waals surface area contributed by atoms with Gasteiger partial charge in [0.15, 0.2) is 0 Å². The van der Waals surface area contributed by atoms with Crippen LogP contribution < -0.4 is 0 Å². The molecule has 0 saturated heterocycles. The van der Waals surface area contributed by atoms with Gasteiger partial charge in [-0.15, -0.1) is 0 Å². The van der Waals surface area contributed by atoms with E-state index in [2.05, 4.69) is 0 Å². The van der Waals surface area contributed by atoms with Gasteiger partial charge in [0.1, 0.15) is 5.82 Å². The van der Waals surface area contributed by atoms with Crippen LogP contribution in [-0.4, -0.2) is 5.11 Å². The summed E-state index contributed by atoms with van der Waals surface area (Å²) in [6.07, 6.45) is -5.72. The first-order valence-corrected chi connectivity index (χ1v) is 4.41. The van der Waals surface area contributed by atoms with Gasteiger partial charge in [-0.3, -0.25) is 0 Å². The van der Waals surface area contributed by atoms with Crippen molar-refractivity contribution in [2.75, 3.05) is 0 Å².